The van der Waals surface area contributed by atoms with E-state index in [0.717, 1.165) is 0 Å². The number of hydrogen-bond acceptors (Lipinski definition) is 1. The SMILES string of the molecule is O=C(F)c1c(C(F)(F)F)cc(C(F)(F)F)cc1C(F)(F)F. The van der Waals surface area contributed by atoms with Gasteiger partial charge in [0.1, 0.15) is 0 Å². The molecule has 0 radical (unpaired) electrons. The molecule has 0 saturated heterocycles. The molecule has 0 aliphatic heterocycles. The molecule has 0 aromatic heterocycles. The van der Waals surface area contributed by atoms with Gasteiger partial charge in [0.15, 0.2) is 0 Å². The Labute approximate surface area is 109 Å². The van der Waals surface area contributed by atoms with E-state index in [-0.39, 0.29) is 0 Å². The molecule has 0 aliphatic rings. The summed E-state index contributed by atoms with van der Waals surface area (Å²) in [4.78, 5) is 10.4. The molecule has 0 atom stereocenters. The molecular formula is C10H2F10O. The quantitative estimate of drug-likeness (QED) is 0.532. The first kappa shape index (κ1) is 17.2. The van der Waals surface area contributed by atoms with E-state index >= 15 is 0 Å². The van der Waals surface area contributed by atoms with Crippen molar-refractivity contribution >= 4 is 6.04 Å². The molecule has 0 fully saturated rings. The normalized spacial score (nSPS) is 13.4. The average Bonchev–Trinajstić information content (AvgIpc) is 2.23. The summed E-state index contributed by atoms with van der Waals surface area (Å²) in [5.41, 5.74) is -10.1. The third kappa shape index (κ3) is 3.64. The summed E-state index contributed by atoms with van der Waals surface area (Å²) in [6.07, 6.45) is -17.1. The Bertz CT molecular complexity index is 528. The van der Waals surface area contributed by atoms with Crippen LogP contribution in [0.5, 0.6) is 0 Å². The van der Waals surface area contributed by atoms with Gasteiger partial charge in [0, 0.05) is 0 Å². The molecule has 0 spiro atoms. The Kier molecular flexibility index (Phi) is 4.01. The highest BCUT2D eigenvalue weighted by Gasteiger charge is 2.46. The molecule has 0 unspecified atom stereocenters. The van der Waals surface area contributed by atoms with Crippen LogP contribution in [0.15, 0.2) is 12.1 Å². The lowest BCUT2D eigenvalue weighted by molar-refractivity contribution is -0.149. The monoisotopic (exact) mass is 328 g/mol. The maximum atomic E-state index is 12.5. The van der Waals surface area contributed by atoms with E-state index in [2.05, 4.69) is 0 Å². The van der Waals surface area contributed by atoms with Crippen molar-refractivity contribution in [2.75, 3.05) is 0 Å². The maximum absolute atomic E-state index is 12.5. The minimum absolute atomic E-state index is 0.748. The number of hydrogen-bond donors (Lipinski definition) is 0. The Hall–Kier alpha value is -1.81. The Morgan fingerprint density at radius 1 is 0.714 bits per heavy atom. The Morgan fingerprint density at radius 2 is 1.05 bits per heavy atom. The van der Waals surface area contributed by atoms with Gasteiger partial charge in [-0.25, -0.2) is 0 Å². The van der Waals surface area contributed by atoms with Crippen molar-refractivity contribution < 1.29 is 48.7 Å². The third-order valence-corrected chi connectivity index (χ3v) is 2.27. The van der Waals surface area contributed by atoms with E-state index in [1.807, 2.05) is 0 Å². The van der Waals surface area contributed by atoms with Gasteiger partial charge < -0.3 is 0 Å². The van der Waals surface area contributed by atoms with Gasteiger partial charge in [-0.15, -0.1) is 0 Å². The molecular weight excluding hydrogens is 326 g/mol. The van der Waals surface area contributed by atoms with Crippen LogP contribution in [0, 0.1) is 0 Å². The molecule has 1 aromatic rings. The fourth-order valence-electron chi connectivity index (χ4n) is 1.46. The molecule has 1 nitrogen and oxygen atoms in total. The molecule has 0 aliphatic carbocycles. The van der Waals surface area contributed by atoms with E-state index in [4.69, 9.17) is 0 Å². The predicted octanol–water partition coefficient (Wildman–Crippen LogP) is 4.85. The van der Waals surface area contributed by atoms with Gasteiger partial charge in [-0.1, -0.05) is 0 Å². The standard InChI is InChI=1S/C10H2F10O/c11-7(21)6-4(9(15,16)17)1-3(8(12,13)14)2-5(6)10(18,19)20/h1-2H. The lowest BCUT2D eigenvalue weighted by Gasteiger charge is -2.18. The van der Waals surface area contributed by atoms with Gasteiger partial charge in [-0.3, -0.25) is 4.79 Å². The van der Waals surface area contributed by atoms with Gasteiger partial charge in [-0.2, -0.15) is 43.9 Å². The Morgan fingerprint density at radius 3 is 1.24 bits per heavy atom. The fourth-order valence-corrected chi connectivity index (χ4v) is 1.46. The first-order valence-electron chi connectivity index (χ1n) is 4.75. The van der Waals surface area contributed by atoms with Crippen molar-refractivity contribution in [1.29, 1.82) is 0 Å². The lowest BCUT2D eigenvalue weighted by atomic mass is 9.96. The van der Waals surface area contributed by atoms with Crippen LogP contribution >= 0.6 is 0 Å². The van der Waals surface area contributed by atoms with Gasteiger partial charge >= 0.3 is 24.6 Å². The van der Waals surface area contributed by atoms with Crippen molar-refractivity contribution in [3.8, 4) is 0 Å². The molecule has 0 amide bonds. The summed E-state index contributed by atoms with van der Waals surface area (Å²) in [6.45, 7) is 0. The van der Waals surface area contributed by atoms with Crippen LogP contribution < -0.4 is 0 Å². The maximum Gasteiger partial charge on any atom is 0.417 e. The molecule has 11 heteroatoms. The molecule has 0 bridgehead atoms. The summed E-state index contributed by atoms with van der Waals surface area (Å²) in [5, 5.41) is 0. The summed E-state index contributed by atoms with van der Waals surface area (Å²) in [7, 11) is 0. The minimum Gasteiger partial charge on any atom is -0.255 e. The van der Waals surface area contributed by atoms with E-state index < -0.39 is 59.0 Å². The zero-order valence-electron chi connectivity index (χ0n) is 9.34. The van der Waals surface area contributed by atoms with Gasteiger partial charge in [0.2, 0.25) is 0 Å². The first-order chi connectivity index (χ1) is 9.15. The minimum atomic E-state index is -5.78. The van der Waals surface area contributed by atoms with Crippen LogP contribution in [0.25, 0.3) is 0 Å². The first-order valence-corrected chi connectivity index (χ1v) is 4.75. The summed E-state index contributed by atoms with van der Waals surface area (Å²) in [5.74, 6) is 0. The van der Waals surface area contributed by atoms with Crippen LogP contribution in [0.4, 0.5) is 43.9 Å². The number of halogens is 10. The van der Waals surface area contributed by atoms with Crippen molar-refractivity contribution in [2.24, 2.45) is 0 Å². The second kappa shape index (κ2) is 4.88. The smallest absolute Gasteiger partial charge is 0.255 e. The highest BCUT2D eigenvalue weighted by atomic mass is 19.4. The van der Waals surface area contributed by atoms with Crippen LogP contribution in [0.2, 0.25) is 0 Å². The Balaban J connectivity index is 3.89. The largest absolute Gasteiger partial charge is 0.417 e. The number of rotatable bonds is 1. The molecule has 1 rings (SSSR count). The molecule has 0 saturated carbocycles. The molecule has 0 heterocycles. The van der Waals surface area contributed by atoms with E-state index in [1.165, 1.54) is 0 Å². The molecule has 0 N–H and O–H groups in total. The highest BCUT2D eigenvalue weighted by molar-refractivity contribution is 5.92. The number of alkyl halides is 9. The van der Waals surface area contributed by atoms with Gasteiger partial charge in [-0.05, 0) is 12.1 Å². The molecule has 1 aromatic carbocycles. The van der Waals surface area contributed by atoms with Gasteiger partial charge in [0.25, 0.3) is 0 Å². The highest BCUT2D eigenvalue weighted by Crippen LogP contribution is 2.43. The van der Waals surface area contributed by atoms with Crippen molar-refractivity contribution in [3.05, 3.63) is 34.4 Å². The van der Waals surface area contributed by atoms with Gasteiger partial charge in [0.05, 0.1) is 22.3 Å². The van der Waals surface area contributed by atoms with Crippen LogP contribution in [-0.2, 0) is 18.5 Å². The second-order valence-corrected chi connectivity index (χ2v) is 3.71. The van der Waals surface area contributed by atoms with E-state index in [0.29, 0.717) is 0 Å². The van der Waals surface area contributed by atoms with Crippen LogP contribution in [0.3, 0.4) is 0 Å². The third-order valence-electron chi connectivity index (χ3n) is 2.27. The zero-order chi connectivity index (χ0) is 16.8. The van der Waals surface area contributed by atoms with Crippen molar-refractivity contribution in [3.63, 3.8) is 0 Å². The van der Waals surface area contributed by atoms with Crippen LogP contribution in [-0.4, -0.2) is 6.04 Å². The number of carbonyl (C=O) groups is 1. The zero-order valence-corrected chi connectivity index (χ0v) is 9.34. The number of benzene rings is 1. The molecule has 21 heavy (non-hydrogen) atoms. The summed E-state index contributed by atoms with van der Waals surface area (Å²) >= 11 is 0. The summed E-state index contributed by atoms with van der Waals surface area (Å²) < 4.78 is 125. The fraction of sp³-hybridized carbons (Fsp3) is 0.300. The second-order valence-electron chi connectivity index (χ2n) is 3.71. The average molecular weight is 328 g/mol. The predicted molar refractivity (Wildman–Crippen MR) is 46.9 cm³/mol. The van der Waals surface area contributed by atoms with Crippen LogP contribution in [0.1, 0.15) is 27.0 Å². The van der Waals surface area contributed by atoms with E-state index in [9.17, 15) is 48.7 Å². The summed E-state index contributed by atoms with van der Waals surface area (Å²) in [6, 6.07) is -4.63. The van der Waals surface area contributed by atoms with Crippen molar-refractivity contribution in [1.82, 2.24) is 0 Å². The van der Waals surface area contributed by atoms with E-state index in [1.54, 1.807) is 0 Å². The molecule has 118 valence electrons. The number of carbonyl (C=O) groups excluding carboxylic acids is 1. The topological polar surface area (TPSA) is 17.1 Å². The van der Waals surface area contributed by atoms with Crippen molar-refractivity contribution in [2.45, 2.75) is 18.5 Å². The lowest BCUT2D eigenvalue weighted by Crippen LogP contribution is -2.21.